The number of carbonyl (C=O) groups excluding carboxylic acids is 3. The van der Waals surface area contributed by atoms with Crippen LogP contribution in [-0.2, 0) is 9.53 Å². The van der Waals surface area contributed by atoms with Gasteiger partial charge in [0, 0.05) is 41.8 Å². The fourth-order valence-corrected chi connectivity index (χ4v) is 5.86. The number of hydrogen-bond acceptors (Lipinski definition) is 10. The van der Waals surface area contributed by atoms with E-state index in [0.29, 0.717) is 35.8 Å². The van der Waals surface area contributed by atoms with Crippen molar-refractivity contribution in [1.82, 2.24) is 10.2 Å². The summed E-state index contributed by atoms with van der Waals surface area (Å²) in [7, 11) is 1.41. The van der Waals surface area contributed by atoms with Crippen LogP contribution < -0.4 is 20.4 Å². The topological polar surface area (TPSA) is 165 Å². The van der Waals surface area contributed by atoms with Gasteiger partial charge in [-0.05, 0) is 50.6 Å². The van der Waals surface area contributed by atoms with Crippen LogP contribution in [0.2, 0.25) is 0 Å². The van der Waals surface area contributed by atoms with Gasteiger partial charge >= 0.3 is 5.63 Å². The van der Waals surface area contributed by atoms with Gasteiger partial charge in [-0.3, -0.25) is 14.4 Å². The highest BCUT2D eigenvalue weighted by molar-refractivity contribution is 5.99. The Bertz CT molecular complexity index is 1680. The lowest BCUT2D eigenvalue weighted by molar-refractivity contribution is -0.118. The first-order valence-electron chi connectivity index (χ1n) is 14.8. The summed E-state index contributed by atoms with van der Waals surface area (Å²) in [4.78, 5) is 53.8. The number of benzene rings is 2. The number of aliphatic hydroxyl groups excluding tert-OH is 2. The van der Waals surface area contributed by atoms with Crippen molar-refractivity contribution in [3.8, 4) is 11.5 Å². The van der Waals surface area contributed by atoms with Gasteiger partial charge in [0.1, 0.15) is 29.6 Å². The van der Waals surface area contributed by atoms with Gasteiger partial charge in [-0.1, -0.05) is 18.2 Å². The maximum atomic E-state index is 14.2. The summed E-state index contributed by atoms with van der Waals surface area (Å²) >= 11 is 0. The van der Waals surface area contributed by atoms with Crippen molar-refractivity contribution < 1.29 is 43.2 Å². The molecule has 0 fully saturated rings. The fourth-order valence-electron chi connectivity index (χ4n) is 5.86. The van der Waals surface area contributed by atoms with Crippen molar-refractivity contribution in [2.45, 2.75) is 50.5 Å². The number of aldehydes is 1. The Morgan fingerprint density at radius 2 is 1.96 bits per heavy atom. The summed E-state index contributed by atoms with van der Waals surface area (Å²) in [6.45, 7) is 3.77. The van der Waals surface area contributed by atoms with Gasteiger partial charge < -0.3 is 39.1 Å². The van der Waals surface area contributed by atoms with Crippen LogP contribution in [0.15, 0.2) is 63.3 Å². The number of ether oxygens (including phenoxy) is 3. The van der Waals surface area contributed by atoms with Crippen LogP contribution in [0.4, 0.5) is 0 Å². The number of nitrogens with zero attached hydrogens (tertiary/aromatic N) is 1. The SMILES string of the molecule is COc1cc(C=O)cc2c1O[C@@H]1[C@@H](O)[C@H](N(CCCOC(C)C)C(=O)c3cc4ccccc4oc3=O)C=C(C(=O)NCCO)[C@H]21. The van der Waals surface area contributed by atoms with Crippen LogP contribution >= 0.6 is 0 Å². The summed E-state index contributed by atoms with van der Waals surface area (Å²) in [6, 6.07) is 10.2. The predicted molar refractivity (Wildman–Crippen MR) is 163 cm³/mol. The van der Waals surface area contributed by atoms with Gasteiger partial charge in [-0.2, -0.15) is 0 Å². The highest BCUT2D eigenvalue weighted by atomic mass is 16.5. The highest BCUT2D eigenvalue weighted by Gasteiger charge is 2.51. The van der Waals surface area contributed by atoms with Crippen LogP contribution in [0, 0.1) is 0 Å². The van der Waals surface area contributed by atoms with Crippen molar-refractivity contribution in [1.29, 1.82) is 0 Å². The van der Waals surface area contributed by atoms with Crippen LogP contribution in [0.1, 0.15) is 52.5 Å². The van der Waals surface area contributed by atoms with Crippen LogP contribution in [-0.4, -0.2) is 91.0 Å². The minimum atomic E-state index is -1.37. The van der Waals surface area contributed by atoms with Crippen molar-refractivity contribution in [3.05, 3.63) is 81.2 Å². The molecule has 238 valence electrons. The van der Waals surface area contributed by atoms with E-state index >= 15 is 0 Å². The predicted octanol–water partition coefficient (Wildman–Crippen LogP) is 2.19. The quantitative estimate of drug-likeness (QED) is 0.155. The number of carbonyl (C=O) groups is 3. The molecule has 0 bridgehead atoms. The summed E-state index contributed by atoms with van der Waals surface area (Å²) in [5.41, 5.74) is 0.148. The summed E-state index contributed by atoms with van der Waals surface area (Å²) < 4.78 is 22.8. The Labute approximate surface area is 259 Å². The molecule has 3 aromatic rings. The molecule has 0 radical (unpaired) electrons. The number of methoxy groups -OCH3 is 1. The molecule has 12 heteroatoms. The van der Waals surface area contributed by atoms with Crippen LogP contribution in [0.3, 0.4) is 0 Å². The lowest BCUT2D eigenvalue weighted by Crippen LogP contribution is -2.56. The number of rotatable bonds is 12. The van der Waals surface area contributed by atoms with E-state index in [4.69, 9.17) is 18.6 Å². The van der Waals surface area contributed by atoms with E-state index in [1.54, 1.807) is 30.3 Å². The Morgan fingerprint density at radius 1 is 1.18 bits per heavy atom. The molecule has 12 nitrogen and oxygen atoms in total. The fraction of sp³-hybridized carbons (Fsp3) is 0.394. The second kappa shape index (κ2) is 13.6. The van der Waals surface area contributed by atoms with Crippen molar-refractivity contribution in [3.63, 3.8) is 0 Å². The Morgan fingerprint density at radius 3 is 2.67 bits per heavy atom. The zero-order valence-electron chi connectivity index (χ0n) is 25.2. The molecule has 2 heterocycles. The van der Waals surface area contributed by atoms with E-state index in [2.05, 4.69) is 5.32 Å². The van der Waals surface area contributed by atoms with E-state index in [9.17, 15) is 29.4 Å². The zero-order chi connectivity index (χ0) is 32.2. The minimum Gasteiger partial charge on any atom is -0.493 e. The molecule has 1 aromatic heterocycles. The zero-order valence-corrected chi connectivity index (χ0v) is 25.2. The van der Waals surface area contributed by atoms with Crippen LogP contribution in [0.5, 0.6) is 11.5 Å². The molecule has 3 N–H and O–H groups in total. The van der Waals surface area contributed by atoms with Gasteiger partial charge in [0.2, 0.25) is 5.91 Å². The molecular weight excluding hydrogens is 584 g/mol. The van der Waals surface area contributed by atoms with Gasteiger partial charge in [0.05, 0.1) is 31.8 Å². The molecule has 4 atom stereocenters. The number of fused-ring (bicyclic) bond motifs is 4. The molecule has 1 aliphatic heterocycles. The molecule has 2 aromatic carbocycles. The molecule has 0 unspecified atom stereocenters. The van der Waals surface area contributed by atoms with E-state index in [0.717, 1.165) is 0 Å². The van der Waals surface area contributed by atoms with Crippen molar-refractivity contribution in [2.24, 2.45) is 0 Å². The third kappa shape index (κ3) is 6.35. The standard InChI is InChI=1S/C33H36N2O10/c1-18(2)43-12-6-10-35(32(40)23-15-20-7-4-5-8-25(20)44-33(23)41)24-16-22(31(39)34-9-11-36)27-21-13-19(17-37)14-26(42-3)29(21)45-30(27)28(24)38/h4-5,7-8,13-18,24,27-28,30,36,38H,6,9-12H2,1-3H3,(H,34,39)/t24-,27+,28+,30+/m1/s1. The average molecular weight is 621 g/mol. The highest BCUT2D eigenvalue weighted by Crippen LogP contribution is 2.51. The largest absolute Gasteiger partial charge is 0.493 e. The molecule has 45 heavy (non-hydrogen) atoms. The van der Waals surface area contributed by atoms with E-state index in [-0.39, 0.29) is 54.0 Å². The summed E-state index contributed by atoms with van der Waals surface area (Å²) in [5, 5.41) is 24.4. The monoisotopic (exact) mass is 620 g/mol. The maximum Gasteiger partial charge on any atom is 0.349 e. The number of hydrogen-bond donors (Lipinski definition) is 3. The minimum absolute atomic E-state index is 0.0421. The second-order valence-corrected chi connectivity index (χ2v) is 11.2. The van der Waals surface area contributed by atoms with Gasteiger partial charge in [0.15, 0.2) is 11.5 Å². The molecule has 0 saturated heterocycles. The van der Waals surface area contributed by atoms with Gasteiger partial charge in [-0.25, -0.2) is 4.79 Å². The first kappa shape index (κ1) is 31.9. The number of para-hydroxylation sites is 1. The van der Waals surface area contributed by atoms with Crippen molar-refractivity contribution >= 4 is 29.1 Å². The van der Waals surface area contributed by atoms with E-state index < -0.39 is 41.6 Å². The average Bonchev–Trinajstić information content (AvgIpc) is 3.43. The maximum absolute atomic E-state index is 14.2. The molecule has 0 spiro atoms. The Kier molecular flexibility index (Phi) is 9.66. The lowest BCUT2D eigenvalue weighted by Gasteiger charge is -2.40. The lowest BCUT2D eigenvalue weighted by atomic mass is 9.77. The molecule has 2 amide bonds. The molecule has 1 aliphatic carbocycles. The van der Waals surface area contributed by atoms with E-state index in [1.165, 1.54) is 30.2 Å². The van der Waals surface area contributed by atoms with Crippen LogP contribution in [0.25, 0.3) is 11.0 Å². The van der Waals surface area contributed by atoms with E-state index in [1.807, 2.05) is 13.8 Å². The molecular formula is C33H36N2O10. The first-order valence-corrected chi connectivity index (χ1v) is 14.8. The molecule has 2 aliphatic rings. The summed E-state index contributed by atoms with van der Waals surface area (Å²) in [5.74, 6) is -1.58. The smallest absolute Gasteiger partial charge is 0.349 e. The first-order chi connectivity index (χ1) is 21.7. The van der Waals surface area contributed by atoms with Gasteiger partial charge in [0.25, 0.3) is 5.91 Å². The van der Waals surface area contributed by atoms with Crippen molar-refractivity contribution in [2.75, 3.05) is 33.4 Å². The third-order valence-electron chi connectivity index (χ3n) is 7.90. The Hall–Kier alpha value is -4.52. The number of amides is 2. The third-order valence-corrected chi connectivity index (χ3v) is 7.90. The number of nitrogens with one attached hydrogen (secondary N) is 1. The second-order valence-electron chi connectivity index (χ2n) is 11.2. The molecule has 5 rings (SSSR count). The number of aliphatic hydroxyl groups is 2. The molecule has 0 saturated carbocycles. The normalized spacial score (nSPS) is 20.2. The Balaban J connectivity index is 1.61. The summed E-state index contributed by atoms with van der Waals surface area (Å²) in [6.07, 6.45) is 0.00129. The van der Waals surface area contributed by atoms with Gasteiger partial charge in [-0.15, -0.1) is 0 Å².